The number of hydrogen-bond donors (Lipinski definition) is 1. The summed E-state index contributed by atoms with van der Waals surface area (Å²) in [4.78, 5) is 24.5. The van der Waals surface area contributed by atoms with Gasteiger partial charge in [-0.2, -0.15) is 0 Å². The summed E-state index contributed by atoms with van der Waals surface area (Å²) in [5.74, 6) is 0.278. The molecule has 1 saturated carbocycles. The van der Waals surface area contributed by atoms with Crippen molar-refractivity contribution in [2.24, 2.45) is 0 Å². The van der Waals surface area contributed by atoms with Gasteiger partial charge in [-0.1, -0.05) is 12.8 Å². The Morgan fingerprint density at radius 3 is 2.40 bits per heavy atom. The quantitative estimate of drug-likeness (QED) is 0.709. The van der Waals surface area contributed by atoms with Crippen LogP contribution in [0.4, 0.5) is 4.79 Å². The van der Waals surface area contributed by atoms with Crippen LogP contribution in [0, 0.1) is 0 Å². The molecular weight excluding hydrogens is 192 g/mol. The van der Waals surface area contributed by atoms with Crippen LogP contribution in [-0.2, 0) is 4.79 Å². The molecule has 4 nitrogen and oxygen atoms in total. The van der Waals surface area contributed by atoms with Crippen molar-refractivity contribution in [1.29, 1.82) is 0 Å². The highest BCUT2D eigenvalue weighted by molar-refractivity contribution is 5.82. The normalized spacial score (nSPS) is 23.2. The summed E-state index contributed by atoms with van der Waals surface area (Å²) in [6, 6.07) is 0.393. The molecule has 0 unspecified atom stereocenters. The van der Waals surface area contributed by atoms with Gasteiger partial charge >= 0.3 is 6.03 Å². The highest BCUT2D eigenvalue weighted by Gasteiger charge is 2.23. The lowest BCUT2D eigenvalue weighted by Crippen LogP contribution is -2.47. The van der Waals surface area contributed by atoms with Crippen LogP contribution in [0.1, 0.15) is 38.5 Å². The van der Waals surface area contributed by atoms with Gasteiger partial charge in [0, 0.05) is 32.0 Å². The lowest BCUT2D eigenvalue weighted by Gasteiger charge is -2.27. The molecule has 2 fully saturated rings. The van der Waals surface area contributed by atoms with Gasteiger partial charge in [-0.15, -0.1) is 0 Å². The summed E-state index contributed by atoms with van der Waals surface area (Å²) >= 11 is 0. The molecule has 0 spiro atoms. The van der Waals surface area contributed by atoms with Crippen molar-refractivity contribution < 1.29 is 9.59 Å². The molecular formula is C11H18N2O2. The Morgan fingerprint density at radius 1 is 1.20 bits per heavy atom. The second kappa shape index (κ2) is 4.64. The average molecular weight is 210 g/mol. The summed E-state index contributed by atoms with van der Waals surface area (Å²) < 4.78 is 0. The zero-order valence-corrected chi connectivity index (χ0v) is 9.00. The molecule has 2 aliphatic rings. The molecule has 1 aliphatic heterocycles. The van der Waals surface area contributed by atoms with Crippen molar-refractivity contribution >= 4 is 11.8 Å². The van der Waals surface area contributed by atoms with E-state index < -0.39 is 0 Å². The predicted octanol–water partition coefficient (Wildman–Crippen LogP) is 1.30. The highest BCUT2D eigenvalue weighted by Crippen LogP contribution is 2.18. The third-order valence-corrected chi connectivity index (χ3v) is 3.29. The molecule has 2 amide bonds. The van der Waals surface area contributed by atoms with Crippen molar-refractivity contribution in [1.82, 2.24) is 10.2 Å². The number of hydrogen-bond acceptors (Lipinski definition) is 2. The molecule has 84 valence electrons. The number of nitrogens with zero attached hydrogens (tertiary/aromatic N) is 1. The fourth-order valence-electron chi connectivity index (χ4n) is 2.30. The first-order chi connectivity index (χ1) is 7.25. The van der Waals surface area contributed by atoms with Crippen LogP contribution in [0.5, 0.6) is 0 Å². The lowest BCUT2D eigenvalue weighted by atomic mass is 10.1. The first kappa shape index (κ1) is 10.5. The van der Waals surface area contributed by atoms with E-state index in [1.165, 1.54) is 12.8 Å². The molecule has 0 aromatic carbocycles. The van der Waals surface area contributed by atoms with Gasteiger partial charge in [0.15, 0.2) is 0 Å². The number of urea groups is 1. The minimum absolute atomic E-state index is 0.0226. The first-order valence-corrected chi connectivity index (χ1v) is 5.83. The molecule has 0 atom stereocenters. The van der Waals surface area contributed by atoms with Crippen molar-refractivity contribution in [3.63, 3.8) is 0 Å². The maximum absolute atomic E-state index is 11.8. The van der Waals surface area contributed by atoms with Crippen LogP contribution < -0.4 is 5.32 Å². The Hall–Kier alpha value is -1.06. The maximum Gasteiger partial charge on any atom is 0.317 e. The fraction of sp³-hybridized carbons (Fsp3) is 0.818. The topological polar surface area (TPSA) is 49.4 Å². The van der Waals surface area contributed by atoms with Crippen LogP contribution in [-0.4, -0.2) is 35.8 Å². The monoisotopic (exact) mass is 210 g/mol. The van der Waals surface area contributed by atoms with E-state index in [-0.39, 0.29) is 11.8 Å². The first-order valence-electron chi connectivity index (χ1n) is 5.83. The van der Waals surface area contributed by atoms with Gasteiger partial charge in [0.2, 0.25) is 0 Å². The lowest BCUT2D eigenvalue weighted by molar-refractivity contribution is -0.120. The Labute approximate surface area is 90.0 Å². The van der Waals surface area contributed by atoms with E-state index in [0.29, 0.717) is 32.0 Å². The molecule has 1 heterocycles. The van der Waals surface area contributed by atoms with Crippen LogP contribution in [0.2, 0.25) is 0 Å². The van der Waals surface area contributed by atoms with Gasteiger partial charge in [-0.3, -0.25) is 4.79 Å². The number of likely N-dealkylation sites (tertiary alicyclic amines) is 1. The molecule has 0 aromatic rings. The SMILES string of the molecule is O=C1CCN(C(=O)NC2CCCC2)CC1. The Morgan fingerprint density at radius 2 is 1.80 bits per heavy atom. The van der Waals surface area contributed by atoms with E-state index in [2.05, 4.69) is 5.32 Å². The summed E-state index contributed by atoms with van der Waals surface area (Å²) in [5, 5.41) is 3.04. The van der Waals surface area contributed by atoms with E-state index in [0.717, 1.165) is 12.8 Å². The van der Waals surface area contributed by atoms with Crippen LogP contribution in [0.15, 0.2) is 0 Å². The summed E-state index contributed by atoms with van der Waals surface area (Å²) in [5.41, 5.74) is 0. The third-order valence-electron chi connectivity index (χ3n) is 3.29. The molecule has 0 aromatic heterocycles. The van der Waals surface area contributed by atoms with Crippen molar-refractivity contribution in [2.75, 3.05) is 13.1 Å². The summed E-state index contributed by atoms with van der Waals surface area (Å²) in [6.07, 6.45) is 5.72. The van der Waals surface area contributed by atoms with E-state index >= 15 is 0 Å². The zero-order valence-electron chi connectivity index (χ0n) is 9.00. The number of ketones is 1. The Bertz CT molecular complexity index is 249. The highest BCUT2D eigenvalue weighted by atomic mass is 16.2. The zero-order chi connectivity index (χ0) is 10.7. The smallest absolute Gasteiger partial charge is 0.317 e. The number of carbonyl (C=O) groups excluding carboxylic acids is 2. The minimum atomic E-state index is 0.0226. The molecule has 0 radical (unpaired) electrons. The number of Topliss-reactive ketones (excluding diaryl/α,β-unsaturated/α-hetero) is 1. The summed E-state index contributed by atoms with van der Waals surface area (Å²) in [7, 11) is 0. The average Bonchev–Trinajstić information content (AvgIpc) is 2.71. The number of piperidine rings is 1. The van der Waals surface area contributed by atoms with Gasteiger partial charge in [0.25, 0.3) is 0 Å². The molecule has 1 N–H and O–H groups in total. The molecule has 1 aliphatic carbocycles. The van der Waals surface area contributed by atoms with Gasteiger partial charge in [-0.25, -0.2) is 4.79 Å². The van der Waals surface area contributed by atoms with Gasteiger partial charge in [0.05, 0.1) is 0 Å². The second-order valence-corrected chi connectivity index (χ2v) is 4.46. The number of carbonyl (C=O) groups is 2. The molecule has 0 bridgehead atoms. The van der Waals surface area contributed by atoms with Crippen molar-refractivity contribution in [3.05, 3.63) is 0 Å². The molecule has 4 heteroatoms. The van der Waals surface area contributed by atoms with Gasteiger partial charge in [0.1, 0.15) is 5.78 Å². The Balaban J connectivity index is 1.77. The maximum atomic E-state index is 11.8. The van der Waals surface area contributed by atoms with Crippen LogP contribution in [0.25, 0.3) is 0 Å². The fourth-order valence-corrected chi connectivity index (χ4v) is 2.30. The predicted molar refractivity (Wildman–Crippen MR) is 56.6 cm³/mol. The Kier molecular flexibility index (Phi) is 3.23. The number of amides is 2. The van der Waals surface area contributed by atoms with E-state index in [4.69, 9.17) is 0 Å². The number of rotatable bonds is 1. The van der Waals surface area contributed by atoms with Crippen molar-refractivity contribution in [2.45, 2.75) is 44.6 Å². The molecule has 15 heavy (non-hydrogen) atoms. The molecule has 2 rings (SSSR count). The third kappa shape index (κ3) is 2.70. The van der Waals surface area contributed by atoms with Gasteiger partial charge in [-0.05, 0) is 12.8 Å². The largest absolute Gasteiger partial charge is 0.335 e. The standard InChI is InChI=1S/C11H18N2O2/c14-10-5-7-13(8-6-10)11(15)12-9-3-1-2-4-9/h9H,1-8H2,(H,12,15). The second-order valence-electron chi connectivity index (χ2n) is 4.46. The van der Waals surface area contributed by atoms with E-state index in [1.807, 2.05) is 0 Å². The van der Waals surface area contributed by atoms with Gasteiger partial charge < -0.3 is 10.2 Å². The molecule has 1 saturated heterocycles. The minimum Gasteiger partial charge on any atom is -0.335 e. The van der Waals surface area contributed by atoms with Crippen molar-refractivity contribution in [3.8, 4) is 0 Å². The van der Waals surface area contributed by atoms with E-state index in [9.17, 15) is 9.59 Å². The summed E-state index contributed by atoms with van der Waals surface area (Å²) in [6.45, 7) is 1.19. The van der Waals surface area contributed by atoms with Crippen LogP contribution >= 0.6 is 0 Å². The van der Waals surface area contributed by atoms with E-state index in [1.54, 1.807) is 4.90 Å². The van der Waals surface area contributed by atoms with Crippen LogP contribution in [0.3, 0.4) is 0 Å². The number of nitrogens with one attached hydrogen (secondary N) is 1.